The molecule has 0 bridgehead atoms. The Hall–Kier alpha value is -6.64. The normalized spacial score (nSPS) is 12.0. The van der Waals surface area contributed by atoms with Crippen LogP contribution in [0.5, 0.6) is 0 Å². The van der Waals surface area contributed by atoms with Crippen LogP contribution in [0.3, 0.4) is 0 Å². The fourth-order valence-corrected chi connectivity index (χ4v) is 8.33. The summed E-state index contributed by atoms with van der Waals surface area (Å²) < 4.78 is 0. The summed E-state index contributed by atoms with van der Waals surface area (Å²) in [5.41, 5.74) is 14.1. The zero-order valence-electron chi connectivity index (χ0n) is 27.1. The zero-order valence-corrected chi connectivity index (χ0v) is 27.1. The lowest BCUT2D eigenvalue weighted by Crippen LogP contribution is -1.96. The van der Waals surface area contributed by atoms with Gasteiger partial charge in [-0.05, 0) is 113 Å². The second kappa shape index (κ2) is 10.4. The number of hydrogen-bond acceptors (Lipinski definition) is 2. The fourth-order valence-electron chi connectivity index (χ4n) is 8.33. The molecule has 1 aliphatic rings. The van der Waals surface area contributed by atoms with Crippen LogP contribution in [0.25, 0.3) is 110 Å². The molecule has 0 saturated carbocycles. The van der Waals surface area contributed by atoms with Crippen LogP contribution in [-0.2, 0) is 0 Å². The number of nitrogens with zero attached hydrogens (tertiary/aromatic N) is 2. The monoisotopic (exact) mass is 632 g/mol. The highest BCUT2D eigenvalue weighted by Gasteiger charge is 2.30. The third-order valence-corrected chi connectivity index (χ3v) is 10.6. The predicted octanol–water partition coefficient (Wildman–Crippen LogP) is 12.9. The van der Waals surface area contributed by atoms with Crippen LogP contribution in [0.1, 0.15) is 0 Å². The Morgan fingerprint density at radius 2 is 0.860 bits per heavy atom. The SMILES string of the molecule is c1ccc2cc(-c3cc(-c4cnc5c(ccc6cccnc65)c4)c(-c4ccc5ccccc5c4)c4c3-c3cccc5cccc-4c35)ccc2c1. The number of fused-ring (bicyclic) bond motifs is 8. The fraction of sp³-hybridized carbons (Fsp3) is 0. The molecule has 11 rings (SSSR count). The third-order valence-electron chi connectivity index (χ3n) is 10.6. The maximum Gasteiger partial charge on any atom is 0.0964 e. The lowest BCUT2D eigenvalue weighted by atomic mass is 9.82. The number of benzene rings is 8. The molecule has 0 aliphatic heterocycles. The summed E-state index contributed by atoms with van der Waals surface area (Å²) in [5, 5.41) is 9.70. The number of hydrogen-bond donors (Lipinski definition) is 0. The minimum atomic E-state index is 0.923. The van der Waals surface area contributed by atoms with Gasteiger partial charge in [0.2, 0.25) is 0 Å². The molecule has 0 radical (unpaired) electrons. The van der Waals surface area contributed by atoms with Crippen LogP contribution < -0.4 is 0 Å². The van der Waals surface area contributed by atoms with Crippen molar-refractivity contribution in [3.05, 3.63) is 170 Å². The Kier molecular flexibility index (Phi) is 5.70. The largest absolute Gasteiger partial charge is 0.254 e. The summed E-state index contributed by atoms with van der Waals surface area (Å²) in [6.07, 6.45) is 3.90. The lowest BCUT2D eigenvalue weighted by Gasteiger charge is -2.21. The van der Waals surface area contributed by atoms with Gasteiger partial charge in [-0.15, -0.1) is 0 Å². The molecule has 2 heteroatoms. The maximum atomic E-state index is 5.12. The zero-order chi connectivity index (χ0) is 32.8. The number of aromatic nitrogens is 2. The Balaban J connectivity index is 1.29. The molecule has 0 amide bonds. The molecule has 0 fully saturated rings. The van der Waals surface area contributed by atoms with Gasteiger partial charge in [0, 0.05) is 28.7 Å². The molecule has 0 saturated heterocycles. The van der Waals surface area contributed by atoms with Gasteiger partial charge < -0.3 is 0 Å². The van der Waals surface area contributed by atoms with Crippen molar-refractivity contribution in [3.63, 3.8) is 0 Å². The van der Waals surface area contributed by atoms with Gasteiger partial charge >= 0.3 is 0 Å². The molecule has 2 nitrogen and oxygen atoms in total. The smallest absolute Gasteiger partial charge is 0.0964 e. The molecule has 8 aromatic carbocycles. The third kappa shape index (κ3) is 3.96. The first-order valence-electron chi connectivity index (χ1n) is 17.1. The van der Waals surface area contributed by atoms with E-state index in [0.717, 1.165) is 27.4 Å². The molecule has 0 atom stereocenters. The van der Waals surface area contributed by atoms with E-state index in [1.54, 1.807) is 0 Å². The van der Waals surface area contributed by atoms with E-state index in [0.29, 0.717) is 0 Å². The highest BCUT2D eigenvalue weighted by atomic mass is 14.7. The first kappa shape index (κ1) is 27.3. The van der Waals surface area contributed by atoms with E-state index in [-0.39, 0.29) is 0 Å². The molecule has 1 aliphatic carbocycles. The van der Waals surface area contributed by atoms with Crippen LogP contribution in [0.4, 0.5) is 0 Å². The van der Waals surface area contributed by atoms with Crippen LogP contribution >= 0.6 is 0 Å². The first-order chi connectivity index (χ1) is 24.8. The number of pyridine rings is 2. The molecule has 2 aromatic heterocycles. The summed E-state index contributed by atoms with van der Waals surface area (Å²) >= 11 is 0. The van der Waals surface area contributed by atoms with Gasteiger partial charge in [-0.3, -0.25) is 9.97 Å². The van der Waals surface area contributed by atoms with E-state index >= 15 is 0 Å². The van der Waals surface area contributed by atoms with Crippen molar-refractivity contribution in [1.29, 1.82) is 0 Å². The molecule has 0 N–H and O–H groups in total. The van der Waals surface area contributed by atoms with Gasteiger partial charge in [0.1, 0.15) is 0 Å². The van der Waals surface area contributed by atoms with Gasteiger partial charge in [-0.1, -0.05) is 127 Å². The second-order valence-electron chi connectivity index (χ2n) is 13.4. The van der Waals surface area contributed by atoms with Crippen molar-refractivity contribution in [2.24, 2.45) is 0 Å². The molecular weight excluding hydrogens is 605 g/mol. The predicted molar refractivity (Wildman–Crippen MR) is 210 cm³/mol. The van der Waals surface area contributed by atoms with E-state index in [9.17, 15) is 0 Å². The van der Waals surface area contributed by atoms with E-state index in [4.69, 9.17) is 9.97 Å². The second-order valence-corrected chi connectivity index (χ2v) is 13.4. The van der Waals surface area contributed by atoms with E-state index < -0.39 is 0 Å². The topological polar surface area (TPSA) is 25.8 Å². The molecule has 2 heterocycles. The first-order valence-corrected chi connectivity index (χ1v) is 17.1. The average molecular weight is 633 g/mol. The van der Waals surface area contributed by atoms with Crippen LogP contribution in [0.15, 0.2) is 170 Å². The summed E-state index contributed by atoms with van der Waals surface area (Å²) in [4.78, 5) is 9.84. The van der Waals surface area contributed by atoms with Crippen LogP contribution in [-0.4, -0.2) is 9.97 Å². The average Bonchev–Trinajstić information content (AvgIpc) is 3.52. The Morgan fingerprint density at radius 3 is 1.64 bits per heavy atom. The van der Waals surface area contributed by atoms with Gasteiger partial charge in [-0.25, -0.2) is 0 Å². The minimum absolute atomic E-state index is 0.923. The molecule has 10 aromatic rings. The Bertz CT molecular complexity index is 3040. The van der Waals surface area contributed by atoms with E-state index in [2.05, 4.69) is 158 Å². The van der Waals surface area contributed by atoms with E-state index in [1.165, 1.54) is 82.4 Å². The summed E-state index contributed by atoms with van der Waals surface area (Å²) in [6.45, 7) is 0. The molecule has 0 spiro atoms. The van der Waals surface area contributed by atoms with Crippen molar-refractivity contribution in [1.82, 2.24) is 9.97 Å². The standard InChI is InChI=1S/C48H28N2/c1-3-10-33-24-35(20-17-29(33)8-1)41-27-42(38-26-37-22-19-32-14-7-23-49-47(32)48(37)50-28-38)44(36-21-18-30-9-2-4-11-34(30)25-36)46-40-16-6-13-31-12-5-15-39(43(31)40)45(41)46/h1-28H. The van der Waals surface area contributed by atoms with Gasteiger partial charge in [0.25, 0.3) is 0 Å². The molecule has 230 valence electrons. The molecule has 0 unspecified atom stereocenters. The summed E-state index contributed by atoms with van der Waals surface area (Å²) in [7, 11) is 0. The van der Waals surface area contributed by atoms with E-state index in [1.807, 2.05) is 12.3 Å². The quantitative estimate of drug-likeness (QED) is 0.181. The highest BCUT2D eigenvalue weighted by molar-refractivity contribution is 6.23. The maximum absolute atomic E-state index is 5.12. The van der Waals surface area contributed by atoms with Crippen LogP contribution in [0.2, 0.25) is 0 Å². The molecule has 50 heavy (non-hydrogen) atoms. The molecular formula is C48H28N2. The van der Waals surface area contributed by atoms with Gasteiger partial charge in [0.15, 0.2) is 0 Å². The van der Waals surface area contributed by atoms with Crippen molar-refractivity contribution >= 4 is 54.1 Å². The Labute approximate surface area is 289 Å². The highest BCUT2D eigenvalue weighted by Crippen LogP contribution is 2.57. The van der Waals surface area contributed by atoms with Crippen molar-refractivity contribution < 1.29 is 0 Å². The van der Waals surface area contributed by atoms with Gasteiger partial charge in [-0.2, -0.15) is 0 Å². The van der Waals surface area contributed by atoms with Crippen LogP contribution in [0, 0.1) is 0 Å². The summed E-state index contributed by atoms with van der Waals surface area (Å²) in [5.74, 6) is 0. The van der Waals surface area contributed by atoms with Crippen molar-refractivity contribution in [2.45, 2.75) is 0 Å². The minimum Gasteiger partial charge on any atom is -0.254 e. The van der Waals surface area contributed by atoms with Crippen molar-refractivity contribution in [2.75, 3.05) is 0 Å². The number of rotatable bonds is 3. The lowest BCUT2D eigenvalue weighted by molar-refractivity contribution is 1.37. The Morgan fingerprint density at radius 1 is 0.300 bits per heavy atom. The van der Waals surface area contributed by atoms with Crippen molar-refractivity contribution in [3.8, 4) is 55.6 Å². The summed E-state index contributed by atoms with van der Waals surface area (Å²) in [6, 6.07) is 57.8. The van der Waals surface area contributed by atoms with Gasteiger partial charge in [0.05, 0.1) is 11.0 Å².